The minimum Gasteiger partial charge on any atom is -0.481 e. The lowest BCUT2D eigenvalue weighted by atomic mass is 9.98. The lowest BCUT2D eigenvalue weighted by Gasteiger charge is -2.30. The lowest BCUT2D eigenvalue weighted by Crippen LogP contribution is -2.42. The molecule has 1 N–H and O–H groups in total. The van der Waals surface area contributed by atoms with Gasteiger partial charge < -0.3 is 10.0 Å². The number of rotatable bonds is 2. The molecule has 92 valence electrons. The summed E-state index contributed by atoms with van der Waals surface area (Å²) in [6.07, 6.45) is 1.44. The monoisotopic (exact) mass is 253 g/mol. The van der Waals surface area contributed by atoms with Gasteiger partial charge in [-0.3, -0.25) is 9.59 Å². The summed E-state index contributed by atoms with van der Waals surface area (Å²) in [5.41, 5.74) is 0. The van der Waals surface area contributed by atoms with E-state index in [1.807, 2.05) is 19.1 Å². The van der Waals surface area contributed by atoms with Gasteiger partial charge in [-0.1, -0.05) is 0 Å². The van der Waals surface area contributed by atoms with E-state index in [-0.39, 0.29) is 5.91 Å². The number of carboxylic acids is 1. The van der Waals surface area contributed by atoms with Crippen LogP contribution >= 0.6 is 11.3 Å². The van der Waals surface area contributed by atoms with Crippen molar-refractivity contribution in [2.24, 2.45) is 5.92 Å². The van der Waals surface area contributed by atoms with E-state index in [0.29, 0.717) is 24.4 Å². The standard InChI is InChI=1S/C12H15NO3S/c1-8-4-5-10(17-8)11(14)13-6-2-3-9(7-13)12(15)16/h4-5,9H,2-3,6-7H2,1H3,(H,15,16)/t9-/m1/s1. The van der Waals surface area contributed by atoms with Crippen molar-refractivity contribution in [2.45, 2.75) is 19.8 Å². The van der Waals surface area contributed by atoms with E-state index in [9.17, 15) is 9.59 Å². The summed E-state index contributed by atoms with van der Waals surface area (Å²) < 4.78 is 0. The fourth-order valence-corrected chi connectivity index (χ4v) is 2.90. The van der Waals surface area contributed by atoms with Gasteiger partial charge in [-0.05, 0) is 31.9 Å². The van der Waals surface area contributed by atoms with Gasteiger partial charge in [0.15, 0.2) is 0 Å². The number of hydrogen-bond donors (Lipinski definition) is 1. The molecule has 4 nitrogen and oxygen atoms in total. The molecule has 1 amide bonds. The highest BCUT2D eigenvalue weighted by atomic mass is 32.1. The van der Waals surface area contributed by atoms with Crippen molar-refractivity contribution in [3.63, 3.8) is 0 Å². The van der Waals surface area contributed by atoms with Crippen molar-refractivity contribution < 1.29 is 14.7 Å². The Morgan fingerprint density at radius 2 is 2.24 bits per heavy atom. The first-order valence-electron chi connectivity index (χ1n) is 5.66. The number of amides is 1. The SMILES string of the molecule is Cc1ccc(C(=O)N2CCC[C@@H](C(=O)O)C2)s1. The average Bonchev–Trinajstić information content (AvgIpc) is 2.75. The predicted molar refractivity (Wildman–Crippen MR) is 65.3 cm³/mol. The largest absolute Gasteiger partial charge is 0.481 e. The molecule has 0 aliphatic carbocycles. The minimum atomic E-state index is -0.801. The van der Waals surface area contributed by atoms with Gasteiger partial charge in [0.25, 0.3) is 5.91 Å². The van der Waals surface area contributed by atoms with E-state index in [1.165, 1.54) is 11.3 Å². The Labute approximate surface area is 104 Å². The highest BCUT2D eigenvalue weighted by molar-refractivity contribution is 7.13. The molecule has 1 aliphatic rings. The van der Waals surface area contributed by atoms with E-state index < -0.39 is 11.9 Å². The summed E-state index contributed by atoms with van der Waals surface area (Å²) in [5, 5.41) is 8.98. The molecule has 2 rings (SSSR count). The van der Waals surface area contributed by atoms with Crippen LogP contribution in [0.15, 0.2) is 12.1 Å². The molecular formula is C12H15NO3S. The smallest absolute Gasteiger partial charge is 0.308 e. The average molecular weight is 253 g/mol. The quantitative estimate of drug-likeness (QED) is 0.877. The number of carboxylic acid groups (broad SMARTS) is 1. The summed E-state index contributed by atoms with van der Waals surface area (Å²) in [6, 6.07) is 3.73. The fourth-order valence-electron chi connectivity index (χ4n) is 2.07. The number of aliphatic carboxylic acids is 1. The highest BCUT2D eigenvalue weighted by Crippen LogP contribution is 2.22. The molecule has 0 saturated carbocycles. The number of carbonyl (C=O) groups is 2. The van der Waals surface area contributed by atoms with Crippen molar-refractivity contribution in [1.29, 1.82) is 0 Å². The second kappa shape index (κ2) is 4.87. The van der Waals surface area contributed by atoms with Gasteiger partial charge in [0.1, 0.15) is 0 Å². The number of aryl methyl sites for hydroxylation is 1. The van der Waals surface area contributed by atoms with Crippen LogP contribution in [0.1, 0.15) is 27.4 Å². The zero-order valence-corrected chi connectivity index (χ0v) is 10.5. The summed E-state index contributed by atoms with van der Waals surface area (Å²) in [5.74, 6) is -1.24. The summed E-state index contributed by atoms with van der Waals surface area (Å²) in [4.78, 5) is 26.5. The molecule has 1 atom stereocenters. The van der Waals surface area contributed by atoms with Crippen LogP contribution in [-0.4, -0.2) is 35.0 Å². The maximum Gasteiger partial charge on any atom is 0.308 e. The first-order chi connectivity index (χ1) is 8.08. The van der Waals surface area contributed by atoms with E-state index >= 15 is 0 Å². The van der Waals surface area contributed by atoms with Gasteiger partial charge in [0.2, 0.25) is 0 Å². The molecule has 2 heterocycles. The van der Waals surface area contributed by atoms with E-state index in [1.54, 1.807) is 4.90 Å². The molecule has 1 aromatic heterocycles. The molecule has 0 radical (unpaired) electrons. The second-order valence-electron chi connectivity index (χ2n) is 4.34. The van der Waals surface area contributed by atoms with Crippen molar-refractivity contribution in [1.82, 2.24) is 4.90 Å². The van der Waals surface area contributed by atoms with Crippen LogP contribution in [0.5, 0.6) is 0 Å². The molecule has 0 unspecified atom stereocenters. The van der Waals surface area contributed by atoms with Crippen LogP contribution in [0.4, 0.5) is 0 Å². The van der Waals surface area contributed by atoms with Gasteiger partial charge in [0, 0.05) is 18.0 Å². The Balaban J connectivity index is 2.07. The molecule has 1 fully saturated rings. The van der Waals surface area contributed by atoms with Gasteiger partial charge in [-0.15, -0.1) is 11.3 Å². The number of thiophene rings is 1. The molecule has 17 heavy (non-hydrogen) atoms. The van der Waals surface area contributed by atoms with E-state index in [2.05, 4.69) is 0 Å². The van der Waals surface area contributed by atoms with Gasteiger partial charge in [-0.2, -0.15) is 0 Å². The Kier molecular flexibility index (Phi) is 3.47. The molecule has 1 aliphatic heterocycles. The third-order valence-corrected chi connectivity index (χ3v) is 4.00. The maximum atomic E-state index is 12.1. The van der Waals surface area contributed by atoms with Crippen LogP contribution in [0.25, 0.3) is 0 Å². The zero-order valence-electron chi connectivity index (χ0n) is 9.68. The maximum absolute atomic E-state index is 12.1. The number of carbonyl (C=O) groups excluding carboxylic acids is 1. The Morgan fingerprint density at radius 3 is 2.82 bits per heavy atom. The number of nitrogens with zero attached hydrogens (tertiary/aromatic N) is 1. The third-order valence-electron chi connectivity index (χ3n) is 3.01. The number of hydrogen-bond acceptors (Lipinski definition) is 3. The number of piperidine rings is 1. The van der Waals surface area contributed by atoms with Crippen molar-refractivity contribution in [3.05, 3.63) is 21.9 Å². The van der Waals surface area contributed by atoms with Gasteiger partial charge in [0.05, 0.1) is 10.8 Å². The molecule has 1 saturated heterocycles. The van der Waals surface area contributed by atoms with E-state index in [4.69, 9.17) is 5.11 Å². The van der Waals surface area contributed by atoms with Crippen LogP contribution in [0.2, 0.25) is 0 Å². The van der Waals surface area contributed by atoms with Gasteiger partial charge in [-0.25, -0.2) is 0 Å². The topological polar surface area (TPSA) is 57.6 Å². The summed E-state index contributed by atoms with van der Waals surface area (Å²) in [6.45, 7) is 2.96. The zero-order chi connectivity index (χ0) is 12.4. The molecule has 5 heteroatoms. The van der Waals surface area contributed by atoms with Crippen LogP contribution in [0.3, 0.4) is 0 Å². The minimum absolute atomic E-state index is 0.0333. The van der Waals surface area contributed by atoms with Crippen LogP contribution in [-0.2, 0) is 4.79 Å². The third kappa shape index (κ3) is 2.66. The molecule has 1 aromatic rings. The van der Waals surface area contributed by atoms with Crippen molar-refractivity contribution in [3.8, 4) is 0 Å². The van der Waals surface area contributed by atoms with Gasteiger partial charge >= 0.3 is 5.97 Å². The fraction of sp³-hybridized carbons (Fsp3) is 0.500. The summed E-state index contributed by atoms with van der Waals surface area (Å²) in [7, 11) is 0. The Hall–Kier alpha value is -1.36. The normalized spacial score (nSPS) is 20.3. The highest BCUT2D eigenvalue weighted by Gasteiger charge is 2.28. The first-order valence-corrected chi connectivity index (χ1v) is 6.48. The van der Waals surface area contributed by atoms with Crippen molar-refractivity contribution in [2.75, 3.05) is 13.1 Å². The molecule has 0 aromatic carbocycles. The predicted octanol–water partition coefficient (Wildman–Crippen LogP) is 1.99. The molecular weight excluding hydrogens is 238 g/mol. The number of likely N-dealkylation sites (tertiary alicyclic amines) is 1. The molecule has 0 bridgehead atoms. The first kappa shape index (κ1) is 12.1. The molecule has 0 spiro atoms. The second-order valence-corrected chi connectivity index (χ2v) is 5.63. The lowest BCUT2D eigenvalue weighted by molar-refractivity contribution is -0.143. The summed E-state index contributed by atoms with van der Waals surface area (Å²) >= 11 is 1.46. The van der Waals surface area contributed by atoms with Crippen LogP contribution in [0, 0.1) is 12.8 Å². The Morgan fingerprint density at radius 1 is 1.47 bits per heavy atom. The Bertz CT molecular complexity index is 441. The van der Waals surface area contributed by atoms with Crippen LogP contribution < -0.4 is 0 Å². The van der Waals surface area contributed by atoms with Crippen molar-refractivity contribution >= 4 is 23.2 Å². The van der Waals surface area contributed by atoms with E-state index in [0.717, 1.165) is 11.3 Å².